The standard InChI is InChI=1S/C30H28O12/c31-15-23-27(38)28(39)29(42-24(35)14-6-17-3-9-19(33)10-4-17)30(41-23)40-22-13-11-20(25(36)26(22)37)21(34)12-5-16-1-7-18(32)8-2-16/h1-14,23,27-33,36-39H,15H2/b12-5+,14-6+/t23-,27+,28+,29-,30-/m1/s1. The molecule has 0 saturated carbocycles. The first-order valence-corrected chi connectivity index (χ1v) is 12.6. The number of aliphatic hydroxyl groups is 3. The van der Waals surface area contributed by atoms with E-state index in [0.717, 1.165) is 24.3 Å². The molecule has 3 aromatic carbocycles. The first kappa shape index (κ1) is 30.1. The van der Waals surface area contributed by atoms with E-state index < -0.39 is 66.3 Å². The number of phenols is 4. The Kier molecular flexibility index (Phi) is 9.45. The average molecular weight is 581 g/mol. The molecule has 0 bridgehead atoms. The van der Waals surface area contributed by atoms with Crippen LogP contribution in [-0.2, 0) is 14.3 Å². The number of ether oxygens (including phenoxy) is 3. The Morgan fingerprint density at radius 2 is 1.33 bits per heavy atom. The predicted octanol–water partition coefficient (Wildman–Crippen LogP) is 1.85. The fourth-order valence-electron chi connectivity index (χ4n) is 4.03. The fourth-order valence-corrected chi connectivity index (χ4v) is 4.03. The number of ketones is 1. The van der Waals surface area contributed by atoms with Crippen molar-refractivity contribution in [2.45, 2.75) is 30.7 Å². The zero-order valence-electron chi connectivity index (χ0n) is 21.8. The van der Waals surface area contributed by atoms with Gasteiger partial charge in [-0.05, 0) is 59.7 Å². The quantitative estimate of drug-likeness (QED) is 0.0839. The minimum Gasteiger partial charge on any atom is -0.508 e. The summed E-state index contributed by atoms with van der Waals surface area (Å²) >= 11 is 0. The number of carbonyl (C=O) groups is 2. The first-order valence-electron chi connectivity index (χ1n) is 12.6. The largest absolute Gasteiger partial charge is 0.508 e. The van der Waals surface area contributed by atoms with Crippen molar-refractivity contribution in [1.29, 1.82) is 0 Å². The van der Waals surface area contributed by atoms with Crippen molar-refractivity contribution in [3.63, 3.8) is 0 Å². The molecule has 12 heteroatoms. The van der Waals surface area contributed by atoms with Gasteiger partial charge >= 0.3 is 5.97 Å². The molecule has 0 aromatic heterocycles. The van der Waals surface area contributed by atoms with Gasteiger partial charge in [0.15, 0.2) is 23.4 Å². The molecule has 3 aromatic rings. The number of allylic oxidation sites excluding steroid dienone is 1. The number of hydrogen-bond acceptors (Lipinski definition) is 12. The van der Waals surface area contributed by atoms with Crippen LogP contribution in [0.15, 0.2) is 72.8 Å². The highest BCUT2D eigenvalue weighted by Crippen LogP contribution is 2.40. The van der Waals surface area contributed by atoms with E-state index in [9.17, 15) is 45.3 Å². The number of hydrogen-bond donors (Lipinski definition) is 7. The number of rotatable bonds is 9. The van der Waals surface area contributed by atoms with Crippen molar-refractivity contribution in [2.75, 3.05) is 6.61 Å². The molecule has 12 nitrogen and oxygen atoms in total. The summed E-state index contributed by atoms with van der Waals surface area (Å²) in [5.41, 5.74) is 0.869. The minimum atomic E-state index is -1.78. The van der Waals surface area contributed by atoms with Crippen molar-refractivity contribution >= 4 is 23.9 Å². The maximum atomic E-state index is 12.6. The fraction of sp³-hybridized carbons (Fsp3) is 0.200. The summed E-state index contributed by atoms with van der Waals surface area (Å²) in [6.07, 6.45) is -3.15. The second-order valence-electron chi connectivity index (χ2n) is 9.25. The van der Waals surface area contributed by atoms with Crippen LogP contribution in [0.3, 0.4) is 0 Å². The van der Waals surface area contributed by atoms with Gasteiger partial charge in [-0.2, -0.15) is 0 Å². The highest BCUT2D eigenvalue weighted by molar-refractivity contribution is 6.09. The van der Waals surface area contributed by atoms with Gasteiger partial charge in [0.2, 0.25) is 12.0 Å². The molecule has 220 valence electrons. The summed E-state index contributed by atoms with van der Waals surface area (Å²) in [7, 11) is 0. The maximum absolute atomic E-state index is 12.6. The van der Waals surface area contributed by atoms with Crippen molar-refractivity contribution in [3.8, 4) is 28.7 Å². The second kappa shape index (κ2) is 13.2. The van der Waals surface area contributed by atoms with Gasteiger partial charge in [-0.25, -0.2) is 4.79 Å². The highest BCUT2D eigenvalue weighted by Gasteiger charge is 2.48. The van der Waals surface area contributed by atoms with Gasteiger partial charge in [-0.15, -0.1) is 0 Å². The summed E-state index contributed by atoms with van der Waals surface area (Å²) in [6, 6.07) is 14.2. The summed E-state index contributed by atoms with van der Waals surface area (Å²) in [4.78, 5) is 25.2. The Bertz CT molecular complexity index is 1460. The van der Waals surface area contributed by atoms with Crippen LogP contribution in [-0.4, -0.2) is 84.8 Å². The topological polar surface area (TPSA) is 203 Å². The molecule has 1 aliphatic rings. The van der Waals surface area contributed by atoms with Crippen molar-refractivity contribution in [3.05, 3.63) is 89.5 Å². The van der Waals surface area contributed by atoms with Gasteiger partial charge in [0.25, 0.3) is 0 Å². The van der Waals surface area contributed by atoms with Crippen LogP contribution in [0, 0.1) is 0 Å². The minimum absolute atomic E-state index is 0.0295. The molecule has 42 heavy (non-hydrogen) atoms. The van der Waals surface area contributed by atoms with E-state index in [1.165, 1.54) is 48.6 Å². The van der Waals surface area contributed by atoms with Crippen LogP contribution in [0.4, 0.5) is 0 Å². The van der Waals surface area contributed by atoms with Gasteiger partial charge in [0, 0.05) is 6.08 Å². The van der Waals surface area contributed by atoms with Crippen LogP contribution in [0.1, 0.15) is 21.5 Å². The van der Waals surface area contributed by atoms with Gasteiger partial charge in [0.05, 0.1) is 12.2 Å². The zero-order chi connectivity index (χ0) is 30.4. The second-order valence-corrected chi connectivity index (χ2v) is 9.25. The highest BCUT2D eigenvalue weighted by atomic mass is 16.7. The third kappa shape index (κ3) is 7.06. The molecule has 0 radical (unpaired) electrons. The molecule has 1 fully saturated rings. The Balaban J connectivity index is 1.52. The summed E-state index contributed by atoms with van der Waals surface area (Å²) < 4.78 is 16.3. The van der Waals surface area contributed by atoms with E-state index in [1.54, 1.807) is 12.1 Å². The Labute approximate surface area is 239 Å². The van der Waals surface area contributed by atoms with E-state index in [0.29, 0.717) is 11.1 Å². The van der Waals surface area contributed by atoms with E-state index >= 15 is 0 Å². The maximum Gasteiger partial charge on any atom is 0.331 e. The number of benzene rings is 3. The molecule has 4 rings (SSSR count). The van der Waals surface area contributed by atoms with Gasteiger partial charge in [-0.3, -0.25) is 4.79 Å². The number of carbonyl (C=O) groups excluding carboxylic acids is 2. The van der Waals surface area contributed by atoms with Crippen LogP contribution >= 0.6 is 0 Å². The van der Waals surface area contributed by atoms with Crippen molar-refractivity contribution in [2.24, 2.45) is 0 Å². The number of esters is 1. The zero-order valence-corrected chi connectivity index (χ0v) is 21.8. The average Bonchev–Trinajstić information content (AvgIpc) is 2.98. The molecule has 7 N–H and O–H groups in total. The normalized spacial score (nSPS) is 22.3. The first-order chi connectivity index (χ1) is 20.1. The number of aliphatic hydroxyl groups excluding tert-OH is 3. The summed E-state index contributed by atoms with van der Waals surface area (Å²) in [6.45, 7) is -0.739. The summed E-state index contributed by atoms with van der Waals surface area (Å²) in [5.74, 6) is -3.66. The smallest absolute Gasteiger partial charge is 0.331 e. The molecule has 1 saturated heterocycles. The van der Waals surface area contributed by atoms with E-state index in [2.05, 4.69) is 0 Å². The molecule has 5 atom stereocenters. The molecule has 0 unspecified atom stereocenters. The Morgan fingerprint density at radius 1 is 0.762 bits per heavy atom. The third-order valence-electron chi connectivity index (χ3n) is 6.32. The van der Waals surface area contributed by atoms with Crippen LogP contribution in [0.5, 0.6) is 28.7 Å². The molecule has 0 spiro atoms. The summed E-state index contributed by atoms with van der Waals surface area (Å²) in [5, 5.41) is 70.4. The molecule has 1 aliphatic heterocycles. The number of phenolic OH excluding ortho intramolecular Hbond substituents is 4. The predicted molar refractivity (Wildman–Crippen MR) is 147 cm³/mol. The monoisotopic (exact) mass is 580 g/mol. The van der Waals surface area contributed by atoms with Gasteiger partial charge in [-0.1, -0.05) is 30.3 Å². The van der Waals surface area contributed by atoms with Crippen molar-refractivity contribution < 1.29 is 59.5 Å². The van der Waals surface area contributed by atoms with Gasteiger partial charge in [0.1, 0.15) is 29.8 Å². The molecular formula is C30H28O12. The van der Waals surface area contributed by atoms with E-state index in [-0.39, 0.29) is 17.1 Å². The molecule has 0 aliphatic carbocycles. The molecule has 1 heterocycles. The van der Waals surface area contributed by atoms with Crippen LogP contribution < -0.4 is 4.74 Å². The van der Waals surface area contributed by atoms with Crippen molar-refractivity contribution in [1.82, 2.24) is 0 Å². The molecule has 0 amide bonds. The Morgan fingerprint density at radius 3 is 1.90 bits per heavy atom. The van der Waals surface area contributed by atoms with E-state index in [1.807, 2.05) is 0 Å². The van der Waals surface area contributed by atoms with Gasteiger partial charge < -0.3 is 50.0 Å². The lowest BCUT2D eigenvalue weighted by molar-refractivity contribution is -0.281. The lowest BCUT2D eigenvalue weighted by Gasteiger charge is -2.41. The number of aromatic hydroxyl groups is 4. The van der Waals surface area contributed by atoms with Crippen LogP contribution in [0.2, 0.25) is 0 Å². The lowest BCUT2D eigenvalue weighted by atomic mass is 9.99. The Hall–Kier alpha value is -4.88. The third-order valence-corrected chi connectivity index (χ3v) is 6.32. The van der Waals surface area contributed by atoms with E-state index in [4.69, 9.17) is 14.2 Å². The molecular weight excluding hydrogens is 552 g/mol. The lowest BCUT2D eigenvalue weighted by Crippen LogP contribution is -2.61. The SMILES string of the molecule is O=C(/C=C/c1ccc(O)cc1)O[C@H]1[C@H](Oc2ccc(C(=O)/C=C/c3ccc(O)cc3)c(O)c2O)O[C@H](CO)[C@H](O)[C@@H]1O. The van der Waals surface area contributed by atoms with Crippen LogP contribution in [0.25, 0.3) is 12.2 Å².